The van der Waals surface area contributed by atoms with Crippen LogP contribution in [0.25, 0.3) is 16.7 Å². The molecule has 0 fully saturated rings. The van der Waals surface area contributed by atoms with E-state index < -0.39 is 0 Å². The number of pyridine rings is 1. The molecule has 2 aromatic carbocycles. The van der Waals surface area contributed by atoms with E-state index in [1.165, 1.54) is 4.68 Å². The number of hydrogen-bond donors (Lipinski definition) is 1. The summed E-state index contributed by atoms with van der Waals surface area (Å²) in [4.78, 5) is 33.2. The van der Waals surface area contributed by atoms with Crippen LogP contribution < -0.4 is 5.56 Å². The molecule has 1 atom stereocenters. The van der Waals surface area contributed by atoms with E-state index in [-0.39, 0.29) is 17.3 Å². The quantitative estimate of drug-likeness (QED) is 0.523. The average Bonchev–Trinajstić information content (AvgIpc) is 3.13. The van der Waals surface area contributed by atoms with Crippen LogP contribution in [0.1, 0.15) is 27.4 Å². The number of fused-ring (bicyclic) bond motifs is 3. The van der Waals surface area contributed by atoms with E-state index in [0.29, 0.717) is 28.6 Å². The van der Waals surface area contributed by atoms with Gasteiger partial charge in [-0.3, -0.25) is 14.7 Å². The number of H-pyrrole nitrogens is 1. The van der Waals surface area contributed by atoms with Gasteiger partial charge in [-0.25, -0.2) is 9.67 Å². The molecule has 0 radical (unpaired) electrons. The van der Waals surface area contributed by atoms with Gasteiger partial charge in [-0.05, 0) is 29.7 Å². The minimum absolute atomic E-state index is 0.0786. The molecule has 154 valence electrons. The number of hydrogen-bond acceptors (Lipinski definition) is 4. The highest BCUT2D eigenvalue weighted by molar-refractivity contribution is 6.13. The fraction of sp³-hybridized carbons (Fsp3) is 0.160. The summed E-state index contributed by atoms with van der Waals surface area (Å²) in [6.45, 7) is 0. The van der Waals surface area contributed by atoms with Crippen LogP contribution in [-0.4, -0.2) is 39.5 Å². The maximum absolute atomic E-state index is 13.5. The number of allylic oxidation sites excluding steroid dienone is 1. The summed E-state index contributed by atoms with van der Waals surface area (Å²) in [5, 5.41) is 3.59. The van der Waals surface area contributed by atoms with E-state index in [4.69, 9.17) is 0 Å². The fourth-order valence-electron chi connectivity index (χ4n) is 4.34. The van der Waals surface area contributed by atoms with Crippen LogP contribution in [0.4, 0.5) is 0 Å². The van der Waals surface area contributed by atoms with Crippen molar-refractivity contribution in [3.8, 4) is 5.69 Å². The topological polar surface area (TPSA) is 71.0 Å². The van der Waals surface area contributed by atoms with Gasteiger partial charge in [0.1, 0.15) is 0 Å². The van der Waals surface area contributed by atoms with Crippen molar-refractivity contribution in [1.82, 2.24) is 19.7 Å². The Kier molecular flexibility index (Phi) is 4.55. The fourth-order valence-corrected chi connectivity index (χ4v) is 4.34. The van der Waals surface area contributed by atoms with E-state index in [9.17, 15) is 9.59 Å². The van der Waals surface area contributed by atoms with Crippen LogP contribution >= 0.6 is 0 Å². The van der Waals surface area contributed by atoms with Gasteiger partial charge in [0.25, 0.3) is 5.56 Å². The molecule has 4 aromatic rings. The maximum atomic E-state index is 13.5. The zero-order valence-corrected chi connectivity index (χ0v) is 17.4. The number of nitrogens with zero attached hydrogens (tertiary/aromatic N) is 3. The van der Waals surface area contributed by atoms with Gasteiger partial charge in [0, 0.05) is 43.5 Å². The lowest BCUT2D eigenvalue weighted by Crippen LogP contribution is -2.26. The number of ketones is 1. The van der Waals surface area contributed by atoms with E-state index in [1.807, 2.05) is 85.9 Å². The van der Waals surface area contributed by atoms with E-state index >= 15 is 0 Å². The molecule has 0 unspecified atom stereocenters. The number of carbonyl (C=O) groups is 1. The van der Waals surface area contributed by atoms with Crippen LogP contribution in [0, 0.1) is 0 Å². The number of benzene rings is 2. The molecule has 1 aliphatic carbocycles. The molecule has 6 nitrogen and oxygen atoms in total. The van der Waals surface area contributed by atoms with E-state index in [1.54, 1.807) is 6.20 Å². The molecule has 0 aliphatic heterocycles. The Bertz CT molecular complexity index is 1370. The van der Waals surface area contributed by atoms with Crippen LogP contribution in [0.3, 0.4) is 0 Å². The largest absolute Gasteiger partial charge is 0.383 e. The molecular formula is C25H22N4O2. The molecule has 0 saturated heterocycles. The van der Waals surface area contributed by atoms with Gasteiger partial charge < -0.3 is 4.90 Å². The summed E-state index contributed by atoms with van der Waals surface area (Å²) in [6.07, 6.45) is 4.04. The summed E-state index contributed by atoms with van der Waals surface area (Å²) in [7, 11) is 3.81. The molecule has 31 heavy (non-hydrogen) atoms. The van der Waals surface area contributed by atoms with Crippen molar-refractivity contribution in [2.75, 3.05) is 14.1 Å². The second kappa shape index (κ2) is 7.40. The number of aromatic nitrogens is 3. The van der Waals surface area contributed by atoms with Crippen molar-refractivity contribution < 1.29 is 4.79 Å². The Morgan fingerprint density at radius 2 is 1.71 bits per heavy atom. The third-order valence-electron chi connectivity index (χ3n) is 5.73. The second-order valence-electron chi connectivity index (χ2n) is 8.01. The van der Waals surface area contributed by atoms with Crippen molar-refractivity contribution in [3.05, 3.63) is 106 Å². The highest BCUT2D eigenvalue weighted by Crippen LogP contribution is 2.38. The number of Topliss-reactive ketones (excluding diaryl/α,β-unsaturated/α-hetero) is 1. The smallest absolute Gasteiger partial charge is 0.281 e. The Morgan fingerprint density at radius 1 is 1.03 bits per heavy atom. The van der Waals surface area contributed by atoms with E-state index in [2.05, 4.69) is 10.1 Å². The molecule has 0 bridgehead atoms. The minimum atomic E-state index is -0.190. The normalized spacial score (nSPS) is 17.2. The Hall–Kier alpha value is -3.93. The molecular weight excluding hydrogens is 388 g/mol. The second-order valence-corrected chi connectivity index (χ2v) is 8.01. The number of aromatic amines is 1. The minimum Gasteiger partial charge on any atom is -0.383 e. The summed E-state index contributed by atoms with van der Waals surface area (Å²) in [5.74, 6) is -0.210. The maximum Gasteiger partial charge on any atom is 0.281 e. The first-order valence-corrected chi connectivity index (χ1v) is 10.2. The summed E-state index contributed by atoms with van der Waals surface area (Å²) in [5.41, 5.74) is 4.06. The Balaban J connectivity index is 1.74. The molecule has 0 saturated carbocycles. The monoisotopic (exact) mass is 410 g/mol. The summed E-state index contributed by atoms with van der Waals surface area (Å²) >= 11 is 0. The van der Waals surface area contributed by atoms with Crippen LogP contribution in [0.15, 0.2) is 83.4 Å². The van der Waals surface area contributed by atoms with Crippen LogP contribution in [-0.2, 0) is 6.42 Å². The lowest BCUT2D eigenvalue weighted by molar-refractivity contribution is 0.101. The first kappa shape index (κ1) is 19.1. The van der Waals surface area contributed by atoms with Crippen LogP contribution in [0.2, 0.25) is 0 Å². The third-order valence-corrected chi connectivity index (χ3v) is 5.73. The highest BCUT2D eigenvalue weighted by Gasteiger charge is 2.34. The number of nitrogens with one attached hydrogen (secondary N) is 1. The van der Waals surface area contributed by atoms with Gasteiger partial charge in [0.15, 0.2) is 11.4 Å². The summed E-state index contributed by atoms with van der Waals surface area (Å²) in [6, 6.07) is 19.4. The predicted octanol–water partition coefficient (Wildman–Crippen LogP) is 3.68. The van der Waals surface area contributed by atoms with Gasteiger partial charge in [-0.15, -0.1) is 0 Å². The van der Waals surface area contributed by atoms with Gasteiger partial charge in [0.05, 0.1) is 11.1 Å². The van der Waals surface area contributed by atoms with Gasteiger partial charge in [0.2, 0.25) is 0 Å². The predicted molar refractivity (Wildman–Crippen MR) is 121 cm³/mol. The zero-order chi connectivity index (χ0) is 21.5. The van der Waals surface area contributed by atoms with E-state index in [0.717, 1.165) is 16.8 Å². The molecule has 0 spiro atoms. The average molecular weight is 410 g/mol. The molecule has 6 heteroatoms. The molecule has 2 heterocycles. The Labute approximate surface area is 179 Å². The van der Waals surface area contributed by atoms with Gasteiger partial charge in [-0.1, -0.05) is 48.5 Å². The van der Waals surface area contributed by atoms with Crippen molar-refractivity contribution in [3.63, 3.8) is 0 Å². The molecule has 1 N–H and O–H groups in total. The standard InChI is InChI=1S/C25H22N4O2/c1-28(2)15-21-18(16-9-5-3-6-10-16)13-19-20(23(21)30)14-26-24-22(19)25(31)29(27-24)17-11-7-4-8-12-17/h3-12,14-15,18H,13H2,1-2H3,(H,26,27)/b21-15-/t18-/m0/s1. The highest BCUT2D eigenvalue weighted by atomic mass is 16.1. The van der Waals surface area contributed by atoms with Crippen molar-refractivity contribution >= 4 is 16.8 Å². The van der Waals surface area contributed by atoms with Crippen molar-refractivity contribution in [1.29, 1.82) is 0 Å². The van der Waals surface area contributed by atoms with Gasteiger partial charge >= 0.3 is 0 Å². The first-order valence-electron chi connectivity index (χ1n) is 10.2. The first-order chi connectivity index (χ1) is 15.0. The number of para-hydroxylation sites is 1. The lowest BCUT2D eigenvalue weighted by Gasteiger charge is -2.28. The Morgan fingerprint density at radius 3 is 2.39 bits per heavy atom. The summed E-state index contributed by atoms with van der Waals surface area (Å²) < 4.78 is 1.49. The van der Waals surface area contributed by atoms with Crippen molar-refractivity contribution in [2.24, 2.45) is 0 Å². The van der Waals surface area contributed by atoms with Crippen molar-refractivity contribution in [2.45, 2.75) is 12.3 Å². The molecule has 5 rings (SSSR count). The number of carbonyl (C=O) groups excluding carboxylic acids is 1. The zero-order valence-electron chi connectivity index (χ0n) is 17.4. The SMILES string of the molecule is CN(C)/C=C1\C(=O)c2cnc3[nH]n(-c4ccccc4)c(=O)c3c2C[C@H]1c1ccccc1. The molecule has 0 amide bonds. The third kappa shape index (κ3) is 3.17. The van der Waals surface area contributed by atoms with Crippen LogP contribution in [0.5, 0.6) is 0 Å². The molecule has 1 aliphatic rings. The lowest BCUT2D eigenvalue weighted by atomic mass is 9.76. The van der Waals surface area contributed by atoms with Gasteiger partial charge in [-0.2, -0.15) is 0 Å². The number of rotatable bonds is 3. The molecule has 2 aromatic heterocycles.